The molecule has 166 valence electrons. The normalized spacial score (nSPS) is 11.6. The molecule has 9 nitrogen and oxygen atoms in total. The summed E-state index contributed by atoms with van der Waals surface area (Å²) >= 11 is 0. The molecule has 0 radical (unpaired) electrons. The highest BCUT2D eigenvalue weighted by Crippen LogP contribution is 2.26. The van der Waals surface area contributed by atoms with Crippen LogP contribution >= 0.6 is 0 Å². The standard InChI is InChI=1S/C20H17F3N6O3/c21-20(22,23)12-31-8-7-29-11-15(18(28-29)14-3-1-2-6-24-14)27-19(30)17-5-4-16(32-17)13-9-25-26-10-13/h1-6,9-11H,7-8,12H2,(H,25,26)(H,27,30). The van der Waals surface area contributed by atoms with Crippen LogP contribution in [-0.4, -0.2) is 50.3 Å². The number of aromatic nitrogens is 5. The van der Waals surface area contributed by atoms with Crippen LogP contribution in [0.5, 0.6) is 0 Å². The van der Waals surface area contributed by atoms with Crippen LogP contribution < -0.4 is 5.32 Å². The lowest BCUT2D eigenvalue weighted by Crippen LogP contribution is -2.19. The molecule has 1 amide bonds. The van der Waals surface area contributed by atoms with Crippen LogP contribution in [-0.2, 0) is 11.3 Å². The van der Waals surface area contributed by atoms with Crippen LogP contribution in [0.15, 0.2) is 59.5 Å². The third-order valence-corrected chi connectivity index (χ3v) is 4.26. The number of pyridine rings is 1. The third kappa shape index (κ3) is 5.21. The quantitative estimate of drug-likeness (QED) is 0.399. The van der Waals surface area contributed by atoms with Gasteiger partial charge in [-0.05, 0) is 24.3 Å². The second kappa shape index (κ2) is 9.06. The third-order valence-electron chi connectivity index (χ3n) is 4.26. The van der Waals surface area contributed by atoms with E-state index in [0.717, 1.165) is 0 Å². The molecule has 0 spiro atoms. The van der Waals surface area contributed by atoms with Gasteiger partial charge in [-0.15, -0.1) is 0 Å². The second-order valence-electron chi connectivity index (χ2n) is 6.64. The van der Waals surface area contributed by atoms with Crippen LogP contribution in [0.1, 0.15) is 10.6 Å². The van der Waals surface area contributed by atoms with E-state index in [4.69, 9.17) is 4.42 Å². The van der Waals surface area contributed by atoms with Gasteiger partial charge in [-0.1, -0.05) is 6.07 Å². The highest BCUT2D eigenvalue weighted by molar-refractivity contribution is 6.04. The van der Waals surface area contributed by atoms with Crippen molar-refractivity contribution in [3.8, 4) is 22.7 Å². The van der Waals surface area contributed by atoms with E-state index in [2.05, 4.69) is 30.3 Å². The maximum atomic E-state index is 12.7. The highest BCUT2D eigenvalue weighted by atomic mass is 19.4. The Labute approximate surface area is 179 Å². The summed E-state index contributed by atoms with van der Waals surface area (Å²) < 4.78 is 48.4. The lowest BCUT2D eigenvalue weighted by atomic mass is 10.2. The number of ether oxygens (including phenoxy) is 1. The summed E-state index contributed by atoms with van der Waals surface area (Å²) in [5, 5.41) is 13.6. The van der Waals surface area contributed by atoms with Gasteiger partial charge in [-0.3, -0.25) is 19.6 Å². The van der Waals surface area contributed by atoms with Crippen molar-refractivity contribution in [2.75, 3.05) is 18.5 Å². The molecule has 4 rings (SSSR count). The predicted molar refractivity (Wildman–Crippen MR) is 107 cm³/mol. The molecule has 4 aromatic heterocycles. The van der Waals surface area contributed by atoms with Gasteiger partial charge in [0.15, 0.2) is 5.76 Å². The van der Waals surface area contributed by atoms with Gasteiger partial charge < -0.3 is 14.5 Å². The summed E-state index contributed by atoms with van der Waals surface area (Å²) in [5.74, 6) is 0.00517. The zero-order valence-corrected chi connectivity index (χ0v) is 16.5. The summed E-state index contributed by atoms with van der Waals surface area (Å²) in [6.07, 6.45) is 1.85. The Balaban J connectivity index is 1.51. The maximum Gasteiger partial charge on any atom is 0.411 e. The Morgan fingerprint density at radius 1 is 1.25 bits per heavy atom. The Morgan fingerprint density at radius 3 is 2.84 bits per heavy atom. The van der Waals surface area contributed by atoms with E-state index < -0.39 is 18.7 Å². The Kier molecular flexibility index (Phi) is 6.03. The number of aromatic amines is 1. The Hall–Kier alpha value is -3.93. The number of nitrogens with zero attached hydrogens (tertiary/aromatic N) is 4. The number of hydrogen-bond donors (Lipinski definition) is 2. The number of hydrogen-bond acceptors (Lipinski definition) is 6. The Bertz CT molecular complexity index is 1170. The number of amides is 1. The number of furan rings is 1. The lowest BCUT2D eigenvalue weighted by molar-refractivity contribution is -0.174. The molecule has 4 aromatic rings. The zero-order valence-electron chi connectivity index (χ0n) is 16.5. The van der Waals surface area contributed by atoms with Gasteiger partial charge in [0.2, 0.25) is 0 Å². The summed E-state index contributed by atoms with van der Waals surface area (Å²) in [6.45, 7) is -1.50. The van der Waals surface area contributed by atoms with Gasteiger partial charge in [0.25, 0.3) is 5.91 Å². The first-order chi connectivity index (χ1) is 15.4. The molecule has 12 heteroatoms. The minimum atomic E-state index is -4.40. The molecular weight excluding hydrogens is 429 g/mol. The largest absolute Gasteiger partial charge is 0.451 e. The molecule has 32 heavy (non-hydrogen) atoms. The molecule has 0 aliphatic rings. The van der Waals surface area contributed by atoms with Crippen molar-refractivity contribution >= 4 is 11.6 Å². The van der Waals surface area contributed by atoms with Crippen molar-refractivity contribution in [3.05, 3.63) is 60.9 Å². The van der Waals surface area contributed by atoms with E-state index in [1.165, 1.54) is 16.9 Å². The van der Waals surface area contributed by atoms with E-state index in [-0.39, 0.29) is 18.9 Å². The van der Waals surface area contributed by atoms with Crippen molar-refractivity contribution in [2.45, 2.75) is 12.7 Å². The van der Waals surface area contributed by atoms with Crippen LogP contribution in [0.4, 0.5) is 18.9 Å². The first kappa shape index (κ1) is 21.3. The van der Waals surface area contributed by atoms with Crippen LogP contribution in [0.3, 0.4) is 0 Å². The van der Waals surface area contributed by atoms with E-state index in [1.54, 1.807) is 42.9 Å². The van der Waals surface area contributed by atoms with Crippen molar-refractivity contribution < 1.29 is 27.1 Å². The monoisotopic (exact) mass is 446 g/mol. The first-order valence-electron chi connectivity index (χ1n) is 9.43. The minimum Gasteiger partial charge on any atom is -0.451 e. The number of alkyl halides is 3. The molecule has 4 heterocycles. The maximum absolute atomic E-state index is 12.7. The van der Waals surface area contributed by atoms with Crippen LogP contribution in [0.25, 0.3) is 22.7 Å². The lowest BCUT2D eigenvalue weighted by Gasteiger charge is -2.07. The summed E-state index contributed by atoms with van der Waals surface area (Å²) in [6, 6.07) is 8.34. The SMILES string of the molecule is O=C(Nc1cn(CCOCC(F)(F)F)nc1-c1ccccn1)c1ccc(-c2cn[nH]c2)o1. The summed E-state index contributed by atoms with van der Waals surface area (Å²) in [7, 11) is 0. The molecule has 0 bridgehead atoms. The van der Waals surface area contributed by atoms with Crippen molar-refractivity contribution in [2.24, 2.45) is 0 Å². The predicted octanol–water partition coefficient (Wildman–Crippen LogP) is 3.76. The van der Waals surface area contributed by atoms with Gasteiger partial charge in [0.1, 0.15) is 18.1 Å². The van der Waals surface area contributed by atoms with Crippen molar-refractivity contribution in [1.82, 2.24) is 25.0 Å². The summed E-state index contributed by atoms with van der Waals surface area (Å²) in [5.41, 5.74) is 1.85. The van der Waals surface area contributed by atoms with Crippen molar-refractivity contribution in [3.63, 3.8) is 0 Å². The number of halogens is 3. The number of anilines is 1. The molecule has 0 aliphatic carbocycles. The smallest absolute Gasteiger partial charge is 0.411 e. The molecule has 0 saturated carbocycles. The fourth-order valence-corrected chi connectivity index (χ4v) is 2.85. The number of carbonyl (C=O) groups is 1. The van der Waals surface area contributed by atoms with E-state index in [9.17, 15) is 18.0 Å². The highest BCUT2D eigenvalue weighted by Gasteiger charge is 2.27. The molecule has 2 N–H and O–H groups in total. The molecule has 0 saturated heterocycles. The first-order valence-corrected chi connectivity index (χ1v) is 9.43. The average molecular weight is 446 g/mol. The number of H-pyrrole nitrogens is 1. The fraction of sp³-hybridized carbons (Fsp3) is 0.200. The van der Waals surface area contributed by atoms with Gasteiger partial charge >= 0.3 is 6.18 Å². The Morgan fingerprint density at radius 2 is 2.12 bits per heavy atom. The second-order valence-corrected chi connectivity index (χ2v) is 6.64. The van der Waals surface area contributed by atoms with E-state index in [0.29, 0.717) is 28.4 Å². The molecule has 0 aromatic carbocycles. The van der Waals surface area contributed by atoms with Crippen molar-refractivity contribution in [1.29, 1.82) is 0 Å². The van der Waals surface area contributed by atoms with Gasteiger partial charge in [-0.2, -0.15) is 23.4 Å². The molecular formula is C20H17F3N6O3. The zero-order chi connectivity index (χ0) is 22.6. The van der Waals surface area contributed by atoms with Gasteiger partial charge in [0, 0.05) is 18.6 Å². The number of rotatable bonds is 8. The van der Waals surface area contributed by atoms with Gasteiger partial charge in [0.05, 0.1) is 36.3 Å². The van der Waals surface area contributed by atoms with E-state index >= 15 is 0 Å². The topological polar surface area (TPSA) is 111 Å². The average Bonchev–Trinajstić information content (AvgIpc) is 3.51. The number of carbonyl (C=O) groups excluding carboxylic acids is 1. The summed E-state index contributed by atoms with van der Waals surface area (Å²) in [4.78, 5) is 17.0. The fourth-order valence-electron chi connectivity index (χ4n) is 2.85. The van der Waals surface area contributed by atoms with Gasteiger partial charge in [-0.25, -0.2) is 0 Å². The molecule has 0 aliphatic heterocycles. The minimum absolute atomic E-state index is 0.0528. The van der Waals surface area contributed by atoms with Crippen LogP contribution in [0.2, 0.25) is 0 Å². The molecule has 0 atom stereocenters. The molecule has 0 unspecified atom stereocenters. The molecule has 0 fully saturated rings. The van der Waals surface area contributed by atoms with E-state index in [1.807, 2.05) is 0 Å². The van der Waals surface area contributed by atoms with Crippen LogP contribution in [0, 0.1) is 0 Å². The number of nitrogens with one attached hydrogen (secondary N) is 2.